The lowest BCUT2D eigenvalue weighted by molar-refractivity contribution is -0.143. The van der Waals surface area contributed by atoms with Crippen LogP contribution in [0.4, 0.5) is 19.1 Å². The Morgan fingerprint density at radius 2 is 1.85 bits per heavy atom. The number of nitrogens with zero attached hydrogens (tertiary/aromatic N) is 4. The van der Waals surface area contributed by atoms with Crippen LogP contribution in [0.15, 0.2) is 0 Å². The molecule has 1 fully saturated rings. The van der Waals surface area contributed by atoms with Crippen molar-refractivity contribution < 1.29 is 13.2 Å². The van der Waals surface area contributed by atoms with Gasteiger partial charge in [0.05, 0.1) is 6.54 Å². The zero-order valence-electron chi connectivity index (χ0n) is 10.3. The quantitative estimate of drug-likeness (QED) is 0.919. The molecule has 0 amide bonds. The molecule has 2 heterocycles. The maximum atomic E-state index is 12.3. The molecule has 0 aromatic carbocycles. The average Bonchev–Trinajstić information content (AvgIpc) is 2.70. The number of rotatable bonds is 4. The maximum absolute atomic E-state index is 12.3. The van der Waals surface area contributed by atoms with E-state index in [1.807, 2.05) is 0 Å². The van der Waals surface area contributed by atoms with E-state index in [2.05, 4.69) is 20.3 Å². The molecule has 1 saturated heterocycles. The number of nitrogens with one attached hydrogen (secondary N) is 1. The van der Waals surface area contributed by atoms with E-state index in [0.717, 1.165) is 0 Å². The molecule has 20 heavy (non-hydrogen) atoms. The van der Waals surface area contributed by atoms with Gasteiger partial charge in [0.1, 0.15) is 0 Å². The van der Waals surface area contributed by atoms with Crippen LogP contribution in [0.5, 0.6) is 0 Å². The van der Waals surface area contributed by atoms with E-state index in [-0.39, 0.29) is 22.4 Å². The lowest BCUT2D eigenvalue weighted by Crippen LogP contribution is -2.33. The standard InChI is InChI=1S/C10H12Cl2F3N5/c11-7-17-8(12)19-9(18-7)16-3-6-1-2-20(4-6)5-10(13,14)15/h6H,1-5H2,(H,16,17,18,19). The van der Waals surface area contributed by atoms with Crippen LogP contribution in [0, 0.1) is 5.92 Å². The summed E-state index contributed by atoms with van der Waals surface area (Å²) in [7, 11) is 0. The van der Waals surface area contributed by atoms with Gasteiger partial charge in [-0.25, -0.2) is 0 Å². The van der Waals surface area contributed by atoms with Gasteiger partial charge in [0.15, 0.2) is 0 Å². The van der Waals surface area contributed by atoms with Gasteiger partial charge >= 0.3 is 6.18 Å². The highest BCUT2D eigenvalue weighted by Crippen LogP contribution is 2.23. The first kappa shape index (κ1) is 15.5. The van der Waals surface area contributed by atoms with Gasteiger partial charge in [-0.2, -0.15) is 28.1 Å². The molecule has 1 aliphatic rings. The van der Waals surface area contributed by atoms with Crippen molar-refractivity contribution in [2.24, 2.45) is 5.92 Å². The first-order chi connectivity index (χ1) is 9.32. The van der Waals surface area contributed by atoms with Crippen LogP contribution in [-0.4, -0.2) is 52.2 Å². The number of hydrogen-bond donors (Lipinski definition) is 1. The zero-order valence-corrected chi connectivity index (χ0v) is 11.8. The average molecular weight is 330 g/mol. The normalized spacial score (nSPS) is 20.4. The molecule has 0 radical (unpaired) electrons. The Morgan fingerprint density at radius 3 is 2.45 bits per heavy atom. The molecular weight excluding hydrogens is 318 g/mol. The van der Waals surface area contributed by atoms with E-state index in [4.69, 9.17) is 23.2 Å². The van der Waals surface area contributed by atoms with E-state index in [1.165, 1.54) is 4.90 Å². The van der Waals surface area contributed by atoms with Crippen LogP contribution in [0.1, 0.15) is 6.42 Å². The number of aromatic nitrogens is 3. The number of anilines is 1. The van der Waals surface area contributed by atoms with Crippen LogP contribution in [0.25, 0.3) is 0 Å². The summed E-state index contributed by atoms with van der Waals surface area (Å²) < 4.78 is 36.8. The number of alkyl halides is 3. The van der Waals surface area contributed by atoms with Crippen molar-refractivity contribution >= 4 is 29.2 Å². The van der Waals surface area contributed by atoms with Crippen LogP contribution >= 0.6 is 23.2 Å². The molecule has 0 aliphatic carbocycles. The lowest BCUT2D eigenvalue weighted by atomic mass is 10.1. The highest BCUT2D eigenvalue weighted by atomic mass is 35.5. The van der Waals surface area contributed by atoms with E-state index >= 15 is 0 Å². The number of likely N-dealkylation sites (tertiary alicyclic amines) is 1. The summed E-state index contributed by atoms with van der Waals surface area (Å²) in [6.07, 6.45) is -3.47. The largest absolute Gasteiger partial charge is 0.401 e. The first-order valence-electron chi connectivity index (χ1n) is 5.92. The summed E-state index contributed by atoms with van der Waals surface area (Å²) >= 11 is 11.2. The lowest BCUT2D eigenvalue weighted by Gasteiger charge is -2.17. The summed E-state index contributed by atoms with van der Waals surface area (Å²) in [5.41, 5.74) is 0. The fourth-order valence-electron chi connectivity index (χ4n) is 2.12. The van der Waals surface area contributed by atoms with Crippen LogP contribution < -0.4 is 5.32 Å². The van der Waals surface area contributed by atoms with Crippen LogP contribution in [0.3, 0.4) is 0 Å². The van der Waals surface area contributed by atoms with Gasteiger partial charge in [-0.1, -0.05) is 0 Å². The smallest absolute Gasteiger partial charge is 0.354 e. The van der Waals surface area contributed by atoms with Gasteiger partial charge in [0.2, 0.25) is 16.5 Å². The summed E-state index contributed by atoms with van der Waals surface area (Å²) in [4.78, 5) is 12.6. The van der Waals surface area contributed by atoms with Crippen LogP contribution in [-0.2, 0) is 0 Å². The van der Waals surface area contributed by atoms with Gasteiger partial charge in [0.25, 0.3) is 0 Å². The first-order valence-corrected chi connectivity index (χ1v) is 6.67. The summed E-state index contributed by atoms with van der Waals surface area (Å²) in [6.45, 7) is 0.418. The molecule has 5 nitrogen and oxygen atoms in total. The third kappa shape index (κ3) is 4.92. The third-order valence-corrected chi connectivity index (χ3v) is 3.24. The topological polar surface area (TPSA) is 53.9 Å². The summed E-state index contributed by atoms with van der Waals surface area (Å²) in [5.74, 6) is 0.330. The Morgan fingerprint density at radius 1 is 1.20 bits per heavy atom. The van der Waals surface area contributed by atoms with Crippen molar-refractivity contribution in [3.05, 3.63) is 10.6 Å². The van der Waals surface area contributed by atoms with E-state index in [9.17, 15) is 13.2 Å². The fourth-order valence-corrected chi connectivity index (χ4v) is 2.48. The van der Waals surface area contributed by atoms with Crippen LogP contribution in [0.2, 0.25) is 10.6 Å². The number of hydrogen-bond acceptors (Lipinski definition) is 5. The predicted octanol–water partition coefficient (Wildman–Crippen LogP) is 2.47. The second-order valence-corrected chi connectivity index (χ2v) is 5.26. The SMILES string of the molecule is FC(F)(F)CN1CCC(CNc2nc(Cl)nc(Cl)n2)C1. The summed E-state index contributed by atoms with van der Waals surface area (Å²) in [6, 6.07) is 0. The molecule has 2 rings (SSSR count). The van der Waals surface area contributed by atoms with Gasteiger partial charge < -0.3 is 5.32 Å². The van der Waals surface area contributed by atoms with Gasteiger partial charge in [-0.05, 0) is 42.1 Å². The van der Waals surface area contributed by atoms with E-state index in [0.29, 0.717) is 26.1 Å². The van der Waals surface area contributed by atoms with Crippen molar-refractivity contribution in [2.75, 3.05) is 31.5 Å². The number of halogens is 5. The van der Waals surface area contributed by atoms with E-state index in [1.54, 1.807) is 0 Å². The second-order valence-electron chi connectivity index (χ2n) is 4.58. The predicted molar refractivity (Wildman–Crippen MR) is 68.9 cm³/mol. The molecular formula is C10H12Cl2F3N5. The Kier molecular flexibility index (Phi) is 4.87. The molecule has 1 N–H and O–H groups in total. The molecule has 0 spiro atoms. The minimum absolute atomic E-state index is 0.0300. The Bertz CT molecular complexity index is 450. The molecule has 112 valence electrons. The Labute approximate surface area is 123 Å². The van der Waals surface area contributed by atoms with Gasteiger partial charge in [0, 0.05) is 13.1 Å². The molecule has 10 heteroatoms. The molecule has 0 saturated carbocycles. The monoisotopic (exact) mass is 329 g/mol. The zero-order chi connectivity index (χ0) is 14.8. The maximum Gasteiger partial charge on any atom is 0.401 e. The fraction of sp³-hybridized carbons (Fsp3) is 0.700. The van der Waals surface area contributed by atoms with Crippen molar-refractivity contribution in [2.45, 2.75) is 12.6 Å². The van der Waals surface area contributed by atoms with E-state index < -0.39 is 12.7 Å². The highest BCUT2D eigenvalue weighted by molar-refractivity contribution is 6.31. The molecule has 1 aromatic rings. The third-order valence-electron chi connectivity index (χ3n) is 2.90. The Hall–Kier alpha value is -0.860. The molecule has 1 unspecified atom stereocenters. The second kappa shape index (κ2) is 6.28. The van der Waals surface area contributed by atoms with Crippen molar-refractivity contribution in [3.63, 3.8) is 0 Å². The summed E-state index contributed by atoms with van der Waals surface area (Å²) in [5, 5.41) is 2.85. The molecule has 1 aromatic heterocycles. The molecule has 1 atom stereocenters. The molecule has 1 aliphatic heterocycles. The van der Waals surface area contributed by atoms with Crippen molar-refractivity contribution in [1.29, 1.82) is 0 Å². The van der Waals surface area contributed by atoms with Gasteiger partial charge in [-0.3, -0.25) is 4.90 Å². The minimum atomic E-state index is -4.16. The highest BCUT2D eigenvalue weighted by Gasteiger charge is 2.34. The molecule has 0 bridgehead atoms. The minimum Gasteiger partial charge on any atom is -0.354 e. The van der Waals surface area contributed by atoms with Gasteiger partial charge in [-0.15, -0.1) is 0 Å². The van der Waals surface area contributed by atoms with Crippen molar-refractivity contribution in [3.8, 4) is 0 Å². The Balaban J connectivity index is 1.81. The van der Waals surface area contributed by atoms with Crippen molar-refractivity contribution in [1.82, 2.24) is 19.9 Å².